The van der Waals surface area contributed by atoms with Crippen molar-refractivity contribution in [1.82, 2.24) is 20.0 Å². The number of carbonyl (C=O) groups is 1. The van der Waals surface area contributed by atoms with Crippen LogP contribution in [0.5, 0.6) is 0 Å². The molecule has 7 nitrogen and oxygen atoms in total. The maximum absolute atomic E-state index is 12.7. The number of hydrogen-bond donors (Lipinski definition) is 1. The van der Waals surface area contributed by atoms with E-state index in [-0.39, 0.29) is 17.0 Å². The lowest BCUT2D eigenvalue weighted by Gasteiger charge is -2.44. The van der Waals surface area contributed by atoms with Crippen molar-refractivity contribution in [3.63, 3.8) is 0 Å². The maximum atomic E-state index is 12.7. The molecule has 0 aromatic carbocycles. The predicted molar refractivity (Wildman–Crippen MR) is 189 cm³/mol. The summed E-state index contributed by atoms with van der Waals surface area (Å²) < 4.78 is 11.5. The minimum absolute atomic E-state index is 0.0967. The highest BCUT2D eigenvalue weighted by molar-refractivity contribution is 5.76. The summed E-state index contributed by atoms with van der Waals surface area (Å²) in [5, 5.41) is 3.21. The van der Waals surface area contributed by atoms with Crippen molar-refractivity contribution in [2.45, 2.75) is 155 Å². The Morgan fingerprint density at radius 1 is 0.711 bits per heavy atom. The second kappa shape index (κ2) is 17.1. The van der Waals surface area contributed by atoms with Crippen molar-refractivity contribution in [2.24, 2.45) is 17.8 Å². The second-order valence-corrected chi connectivity index (χ2v) is 17.7. The number of ether oxygens (including phenoxy) is 2. The number of rotatable bonds is 16. The molecule has 0 aromatic rings. The molecule has 0 unspecified atom stereocenters. The Morgan fingerprint density at radius 3 is 1.82 bits per heavy atom. The Hall–Kier alpha value is -0.730. The molecule has 264 valence electrons. The normalized spacial score (nSPS) is 21.8. The van der Waals surface area contributed by atoms with Gasteiger partial charge in [0.1, 0.15) is 0 Å². The average Bonchev–Trinajstić information content (AvgIpc) is 2.98. The van der Waals surface area contributed by atoms with Crippen molar-refractivity contribution in [3.8, 4) is 0 Å². The first kappa shape index (κ1) is 38.7. The van der Waals surface area contributed by atoms with Gasteiger partial charge in [0, 0.05) is 24.7 Å². The van der Waals surface area contributed by atoms with Gasteiger partial charge in [0.15, 0.2) is 0 Å². The van der Waals surface area contributed by atoms with Crippen molar-refractivity contribution < 1.29 is 14.3 Å². The number of amides is 1. The number of nitrogens with one attached hydrogen (secondary N) is 1. The van der Waals surface area contributed by atoms with Crippen LogP contribution in [0.2, 0.25) is 0 Å². The maximum Gasteiger partial charge on any atom is 0.222 e. The Kier molecular flexibility index (Phi) is 14.7. The summed E-state index contributed by atoms with van der Waals surface area (Å²) in [7, 11) is 1.73. The zero-order valence-corrected chi connectivity index (χ0v) is 31.4. The third-order valence-electron chi connectivity index (χ3n) is 11.7. The van der Waals surface area contributed by atoms with Crippen LogP contribution in [0.3, 0.4) is 0 Å². The van der Waals surface area contributed by atoms with Gasteiger partial charge in [-0.15, -0.1) is 0 Å². The Balaban J connectivity index is 1.24. The average molecular weight is 635 g/mol. The van der Waals surface area contributed by atoms with Gasteiger partial charge in [-0.3, -0.25) is 14.6 Å². The number of likely N-dealkylation sites (tertiary alicyclic amines) is 3. The smallest absolute Gasteiger partial charge is 0.222 e. The molecule has 0 aliphatic carbocycles. The summed E-state index contributed by atoms with van der Waals surface area (Å²) in [6.07, 6.45) is 13.1. The fourth-order valence-corrected chi connectivity index (χ4v) is 7.92. The van der Waals surface area contributed by atoms with Crippen LogP contribution >= 0.6 is 0 Å². The van der Waals surface area contributed by atoms with Gasteiger partial charge in [-0.25, -0.2) is 0 Å². The highest BCUT2D eigenvalue weighted by Crippen LogP contribution is 2.34. The number of methoxy groups -OCH3 is 1. The van der Waals surface area contributed by atoms with E-state index in [1.165, 1.54) is 90.5 Å². The molecule has 0 spiro atoms. The zero-order valence-electron chi connectivity index (χ0n) is 31.4. The summed E-state index contributed by atoms with van der Waals surface area (Å²) >= 11 is 0. The molecule has 3 fully saturated rings. The van der Waals surface area contributed by atoms with Crippen molar-refractivity contribution in [1.29, 1.82) is 0 Å². The van der Waals surface area contributed by atoms with Gasteiger partial charge in [0.25, 0.3) is 0 Å². The third-order valence-corrected chi connectivity index (χ3v) is 11.7. The van der Waals surface area contributed by atoms with Gasteiger partial charge >= 0.3 is 0 Å². The van der Waals surface area contributed by atoms with E-state index >= 15 is 0 Å². The van der Waals surface area contributed by atoms with Crippen LogP contribution in [0.1, 0.15) is 133 Å². The molecule has 3 rings (SSSR count). The van der Waals surface area contributed by atoms with Crippen molar-refractivity contribution in [3.05, 3.63) is 0 Å². The van der Waals surface area contributed by atoms with Crippen LogP contribution in [0.4, 0.5) is 0 Å². The second-order valence-electron chi connectivity index (χ2n) is 17.7. The van der Waals surface area contributed by atoms with Gasteiger partial charge in [-0.1, -0.05) is 6.42 Å². The molecule has 0 bridgehead atoms. The van der Waals surface area contributed by atoms with Gasteiger partial charge < -0.3 is 19.7 Å². The van der Waals surface area contributed by atoms with E-state index in [1.807, 2.05) is 13.8 Å². The van der Waals surface area contributed by atoms with Crippen LogP contribution in [0, 0.1) is 17.8 Å². The molecule has 3 saturated heterocycles. The highest BCUT2D eigenvalue weighted by Gasteiger charge is 2.34. The van der Waals surface area contributed by atoms with Crippen LogP contribution in [-0.4, -0.2) is 109 Å². The molecule has 0 aromatic heterocycles. The topological polar surface area (TPSA) is 57.3 Å². The first-order chi connectivity index (χ1) is 21.0. The van der Waals surface area contributed by atoms with Crippen molar-refractivity contribution in [2.75, 3.05) is 66.1 Å². The van der Waals surface area contributed by atoms with Crippen molar-refractivity contribution >= 4 is 5.91 Å². The fraction of sp³-hybridized carbons (Fsp3) is 0.974. The number of nitrogens with zero attached hydrogens (tertiary/aromatic N) is 3. The summed E-state index contributed by atoms with van der Waals surface area (Å²) in [6.45, 7) is 30.3. The summed E-state index contributed by atoms with van der Waals surface area (Å²) in [4.78, 5) is 20.9. The third kappa shape index (κ3) is 13.4. The lowest BCUT2D eigenvalue weighted by molar-refractivity contribution is -0.128. The number of piperidine rings is 3. The van der Waals surface area contributed by atoms with Crippen LogP contribution in [0.25, 0.3) is 0 Å². The molecule has 3 aliphatic heterocycles. The highest BCUT2D eigenvalue weighted by atomic mass is 16.5. The van der Waals surface area contributed by atoms with Crippen LogP contribution in [0.15, 0.2) is 0 Å². The predicted octanol–water partition coefficient (Wildman–Crippen LogP) is 6.99. The number of hydrogen-bond acceptors (Lipinski definition) is 6. The molecule has 45 heavy (non-hydrogen) atoms. The minimum atomic E-state index is -0.471. The molecule has 3 aliphatic rings. The molecule has 1 amide bonds. The largest absolute Gasteiger partial charge is 0.379 e. The SMILES string of the molecule is COC(C)(C)CCOC(C)(C)CC(=O)NCC1CCN(C(C)(C)CCCCN2CCC(C3CCN(C(C)(C)C)CC3)CC2)CC1. The number of carbonyl (C=O) groups excluding carboxylic acids is 1. The molecule has 0 saturated carbocycles. The van der Waals surface area contributed by atoms with Gasteiger partial charge in [-0.05, 0) is 184 Å². The van der Waals surface area contributed by atoms with Gasteiger partial charge in [-0.2, -0.15) is 0 Å². The molecular formula is C38H74N4O3. The molecule has 7 heteroatoms. The quantitative estimate of drug-likeness (QED) is 0.185. The van der Waals surface area contributed by atoms with Crippen LogP contribution in [-0.2, 0) is 14.3 Å². The standard InChI is InChI=1S/C38H74N4O3/c1-35(2,3)41-26-17-33(18-27-41)32-15-22-40(23-16-32)21-12-11-19-36(4,5)42-24-13-31(14-25-42)30-39-34(43)29-38(8,9)45-28-20-37(6,7)44-10/h31-33H,11-30H2,1-10H3,(H,39,43). The van der Waals surface area contributed by atoms with E-state index in [9.17, 15) is 4.79 Å². The van der Waals surface area contributed by atoms with E-state index in [1.54, 1.807) is 7.11 Å². The molecule has 0 atom stereocenters. The van der Waals surface area contributed by atoms with E-state index in [0.717, 1.165) is 37.9 Å². The Labute approximate surface area is 278 Å². The fourth-order valence-electron chi connectivity index (χ4n) is 7.92. The molecular weight excluding hydrogens is 560 g/mol. The van der Waals surface area contributed by atoms with E-state index in [0.29, 0.717) is 24.5 Å². The zero-order chi connectivity index (χ0) is 33.3. The molecule has 3 heterocycles. The van der Waals surface area contributed by atoms with Crippen LogP contribution < -0.4 is 5.32 Å². The summed E-state index contributed by atoms with van der Waals surface area (Å²) in [6, 6.07) is 0. The minimum Gasteiger partial charge on any atom is -0.379 e. The summed E-state index contributed by atoms with van der Waals surface area (Å²) in [5.74, 6) is 2.59. The van der Waals surface area contributed by atoms with E-state index < -0.39 is 5.60 Å². The lowest BCUT2D eigenvalue weighted by Crippen LogP contribution is -2.49. The van der Waals surface area contributed by atoms with Gasteiger partial charge in [0.2, 0.25) is 5.91 Å². The Morgan fingerprint density at radius 2 is 1.27 bits per heavy atom. The Bertz CT molecular complexity index is 859. The monoisotopic (exact) mass is 635 g/mol. The van der Waals surface area contributed by atoms with E-state index in [2.05, 4.69) is 68.5 Å². The molecule has 0 radical (unpaired) electrons. The number of unbranched alkanes of at least 4 members (excludes halogenated alkanes) is 1. The van der Waals surface area contributed by atoms with Gasteiger partial charge in [0.05, 0.1) is 24.2 Å². The summed E-state index contributed by atoms with van der Waals surface area (Å²) in [5.41, 5.74) is -0.0953. The first-order valence-corrected chi connectivity index (χ1v) is 18.7. The van der Waals surface area contributed by atoms with E-state index in [4.69, 9.17) is 9.47 Å². The molecule has 1 N–H and O–H groups in total. The first-order valence-electron chi connectivity index (χ1n) is 18.7. The lowest BCUT2D eigenvalue weighted by atomic mass is 9.78.